The van der Waals surface area contributed by atoms with Crippen LogP contribution in [-0.2, 0) is 9.84 Å². The largest absolute Gasteiger partial charge is 0.298 e. The van der Waals surface area contributed by atoms with Crippen molar-refractivity contribution in [1.82, 2.24) is 4.90 Å². The third kappa shape index (κ3) is 4.60. The molecule has 1 unspecified atom stereocenters. The fraction of sp³-hybridized carbons (Fsp3) is 1.00. The van der Waals surface area contributed by atoms with Crippen LogP contribution in [0.5, 0.6) is 0 Å². The smallest absolute Gasteiger partial charge is 0.151 e. The molecular weight excluding hydrogens is 246 g/mol. The number of rotatable bonds is 5. The van der Waals surface area contributed by atoms with Crippen molar-refractivity contribution in [2.45, 2.75) is 38.6 Å². The summed E-state index contributed by atoms with van der Waals surface area (Å²) in [6.45, 7) is 3.35. The molecule has 1 aliphatic rings. The summed E-state index contributed by atoms with van der Waals surface area (Å²) < 4.78 is 22.9. The van der Waals surface area contributed by atoms with E-state index in [1.54, 1.807) is 6.92 Å². The second kappa shape index (κ2) is 6.82. The zero-order chi connectivity index (χ0) is 12.0. The Morgan fingerprint density at radius 1 is 1.31 bits per heavy atom. The monoisotopic (exact) mass is 267 g/mol. The Labute approximate surface area is 104 Å². The number of halogens is 1. The minimum absolute atomic E-state index is 0.242. The lowest BCUT2D eigenvalue weighted by molar-refractivity contribution is 0.228. The van der Waals surface area contributed by atoms with E-state index in [4.69, 9.17) is 11.6 Å². The van der Waals surface area contributed by atoms with Crippen LogP contribution in [0.15, 0.2) is 0 Å². The van der Waals surface area contributed by atoms with Gasteiger partial charge in [-0.1, -0.05) is 19.8 Å². The highest BCUT2D eigenvalue weighted by atomic mass is 35.5. The van der Waals surface area contributed by atoms with Crippen molar-refractivity contribution < 1.29 is 8.42 Å². The normalized spacial score (nSPS) is 24.2. The Morgan fingerprint density at radius 3 is 2.69 bits per heavy atom. The van der Waals surface area contributed by atoms with Gasteiger partial charge in [0.05, 0.1) is 5.75 Å². The molecule has 1 saturated heterocycles. The van der Waals surface area contributed by atoms with Gasteiger partial charge in [0.1, 0.15) is 0 Å². The number of nitrogens with zero attached hydrogens (tertiary/aromatic N) is 1. The molecule has 0 aromatic rings. The molecule has 3 nitrogen and oxygen atoms in total. The van der Waals surface area contributed by atoms with Crippen LogP contribution in [-0.4, -0.2) is 49.8 Å². The van der Waals surface area contributed by atoms with Crippen LogP contribution in [0.2, 0.25) is 0 Å². The van der Waals surface area contributed by atoms with Crippen LogP contribution in [0.3, 0.4) is 0 Å². The molecule has 0 aromatic heterocycles. The lowest BCUT2D eigenvalue weighted by Gasteiger charge is -2.28. The van der Waals surface area contributed by atoms with Gasteiger partial charge in [0, 0.05) is 24.2 Å². The van der Waals surface area contributed by atoms with Crippen LogP contribution >= 0.6 is 11.6 Å². The number of alkyl halides is 1. The molecule has 0 aliphatic carbocycles. The average molecular weight is 268 g/mol. The first-order chi connectivity index (χ1) is 7.59. The molecule has 0 amide bonds. The summed E-state index contributed by atoms with van der Waals surface area (Å²) in [6, 6.07) is 0.372. The summed E-state index contributed by atoms with van der Waals surface area (Å²) in [5, 5.41) is 0. The molecule has 1 rings (SSSR count). The summed E-state index contributed by atoms with van der Waals surface area (Å²) in [4.78, 5) is 2.26. The van der Waals surface area contributed by atoms with Crippen molar-refractivity contribution in [3.05, 3.63) is 0 Å². The van der Waals surface area contributed by atoms with E-state index in [1.165, 1.54) is 19.3 Å². The van der Waals surface area contributed by atoms with Crippen LogP contribution in [0.25, 0.3) is 0 Å². The van der Waals surface area contributed by atoms with Gasteiger partial charge in [-0.2, -0.15) is 0 Å². The Morgan fingerprint density at radius 2 is 2.06 bits per heavy atom. The fourth-order valence-electron chi connectivity index (χ4n) is 2.11. The minimum Gasteiger partial charge on any atom is -0.298 e. The molecule has 1 heterocycles. The molecule has 0 radical (unpaired) electrons. The first-order valence-corrected chi connectivity index (χ1v) is 8.45. The molecule has 1 aliphatic heterocycles. The fourth-order valence-corrected chi connectivity index (χ4v) is 3.26. The Balaban J connectivity index is 2.49. The summed E-state index contributed by atoms with van der Waals surface area (Å²) in [6.07, 6.45) is 4.73. The molecule has 0 saturated carbocycles. The van der Waals surface area contributed by atoms with Crippen LogP contribution in [0.1, 0.15) is 32.6 Å². The third-order valence-corrected chi connectivity index (χ3v) is 5.35. The number of hydrogen-bond acceptors (Lipinski definition) is 3. The van der Waals surface area contributed by atoms with E-state index >= 15 is 0 Å². The highest BCUT2D eigenvalue weighted by Gasteiger charge is 2.21. The molecule has 96 valence electrons. The zero-order valence-electron chi connectivity index (χ0n) is 9.99. The summed E-state index contributed by atoms with van der Waals surface area (Å²) in [5.74, 6) is 1.13. The molecule has 16 heavy (non-hydrogen) atoms. The van der Waals surface area contributed by atoms with E-state index in [1.807, 2.05) is 0 Å². The molecule has 0 spiro atoms. The lowest BCUT2D eigenvalue weighted by Crippen LogP contribution is -2.39. The van der Waals surface area contributed by atoms with Gasteiger partial charge in [-0.25, -0.2) is 8.42 Å². The second-order valence-corrected chi connectivity index (χ2v) is 7.21. The molecule has 0 N–H and O–H groups in total. The highest BCUT2D eigenvalue weighted by molar-refractivity contribution is 7.91. The third-order valence-electron chi connectivity index (χ3n) is 3.31. The van der Waals surface area contributed by atoms with E-state index in [2.05, 4.69) is 4.90 Å². The number of likely N-dealkylation sites (tertiary alicyclic amines) is 1. The summed E-state index contributed by atoms with van der Waals surface area (Å²) in [5.41, 5.74) is 0. The first kappa shape index (κ1) is 14.3. The van der Waals surface area contributed by atoms with Gasteiger partial charge in [-0.15, -0.1) is 11.6 Å². The minimum atomic E-state index is -2.85. The number of sulfone groups is 1. The topological polar surface area (TPSA) is 37.4 Å². The van der Waals surface area contributed by atoms with E-state index < -0.39 is 9.84 Å². The van der Waals surface area contributed by atoms with Crippen LogP contribution in [0.4, 0.5) is 0 Å². The molecular formula is C11H22ClNO2S. The SMILES string of the molecule is CCS(=O)(=O)CCN1CCCCCC1CCl. The van der Waals surface area contributed by atoms with E-state index in [0.717, 1.165) is 13.0 Å². The first-order valence-electron chi connectivity index (χ1n) is 6.09. The van der Waals surface area contributed by atoms with Gasteiger partial charge < -0.3 is 0 Å². The second-order valence-electron chi connectivity index (χ2n) is 4.43. The van der Waals surface area contributed by atoms with Crippen molar-refractivity contribution >= 4 is 21.4 Å². The predicted molar refractivity (Wildman–Crippen MR) is 68.9 cm³/mol. The molecule has 0 aromatic carbocycles. The maximum atomic E-state index is 11.5. The maximum Gasteiger partial charge on any atom is 0.151 e. The molecule has 5 heteroatoms. The number of hydrogen-bond donors (Lipinski definition) is 0. The van der Waals surface area contributed by atoms with Crippen molar-refractivity contribution in [2.24, 2.45) is 0 Å². The van der Waals surface area contributed by atoms with Crippen LogP contribution < -0.4 is 0 Å². The summed E-state index contributed by atoms with van der Waals surface area (Å²) >= 11 is 5.94. The lowest BCUT2D eigenvalue weighted by atomic mass is 10.1. The van der Waals surface area contributed by atoms with Gasteiger partial charge in [0.2, 0.25) is 0 Å². The van der Waals surface area contributed by atoms with Crippen molar-refractivity contribution in [3.63, 3.8) is 0 Å². The van der Waals surface area contributed by atoms with Crippen molar-refractivity contribution in [2.75, 3.05) is 30.5 Å². The van der Waals surface area contributed by atoms with E-state index in [9.17, 15) is 8.42 Å². The summed E-state index contributed by atoms with van der Waals surface area (Å²) in [7, 11) is -2.85. The Kier molecular flexibility index (Phi) is 6.08. The van der Waals surface area contributed by atoms with Gasteiger partial charge in [0.15, 0.2) is 9.84 Å². The van der Waals surface area contributed by atoms with Gasteiger partial charge in [-0.05, 0) is 19.4 Å². The Hall–Kier alpha value is 0.200. The van der Waals surface area contributed by atoms with Gasteiger partial charge >= 0.3 is 0 Å². The molecule has 0 bridgehead atoms. The Bertz CT molecular complexity index is 292. The maximum absolute atomic E-state index is 11.5. The zero-order valence-corrected chi connectivity index (χ0v) is 11.6. The van der Waals surface area contributed by atoms with Gasteiger partial charge in [0.25, 0.3) is 0 Å². The van der Waals surface area contributed by atoms with Crippen molar-refractivity contribution in [3.8, 4) is 0 Å². The van der Waals surface area contributed by atoms with Crippen LogP contribution in [0, 0.1) is 0 Å². The quantitative estimate of drug-likeness (QED) is 0.714. The van der Waals surface area contributed by atoms with E-state index in [-0.39, 0.29) is 11.5 Å². The predicted octanol–water partition coefficient (Wildman–Crippen LogP) is 1.90. The van der Waals surface area contributed by atoms with Gasteiger partial charge in [-0.3, -0.25) is 4.90 Å². The standard InChI is InChI=1S/C11H22ClNO2S/c1-2-16(14,15)9-8-13-7-5-3-4-6-11(13)10-12/h11H,2-10H2,1H3. The average Bonchev–Trinajstić information content (AvgIpc) is 2.51. The molecule has 1 fully saturated rings. The highest BCUT2D eigenvalue weighted by Crippen LogP contribution is 2.17. The van der Waals surface area contributed by atoms with E-state index in [0.29, 0.717) is 18.5 Å². The molecule has 1 atom stereocenters. The van der Waals surface area contributed by atoms with Crippen molar-refractivity contribution in [1.29, 1.82) is 0 Å².